The SMILES string of the molecule is Nc1nnnn1CC(=O)NCCSc1ccccn1. The van der Waals surface area contributed by atoms with Crippen LogP contribution in [0, 0.1) is 0 Å². The van der Waals surface area contributed by atoms with E-state index in [4.69, 9.17) is 5.73 Å². The summed E-state index contributed by atoms with van der Waals surface area (Å²) < 4.78 is 1.24. The number of nitrogens with zero attached hydrogens (tertiary/aromatic N) is 5. The molecule has 8 nitrogen and oxygen atoms in total. The highest BCUT2D eigenvalue weighted by molar-refractivity contribution is 7.99. The summed E-state index contributed by atoms with van der Waals surface area (Å²) >= 11 is 1.58. The molecule has 2 aromatic rings. The number of anilines is 1. The molecule has 0 aliphatic heterocycles. The first-order valence-corrected chi connectivity index (χ1v) is 6.56. The molecule has 0 saturated heterocycles. The molecule has 0 spiro atoms. The number of hydrogen-bond donors (Lipinski definition) is 2. The predicted octanol–water partition coefficient (Wildman–Crippen LogP) is -0.441. The third-order valence-electron chi connectivity index (χ3n) is 2.16. The summed E-state index contributed by atoms with van der Waals surface area (Å²) in [5.41, 5.74) is 5.45. The van der Waals surface area contributed by atoms with Gasteiger partial charge in [-0.25, -0.2) is 9.67 Å². The van der Waals surface area contributed by atoms with Crippen LogP contribution in [0.5, 0.6) is 0 Å². The van der Waals surface area contributed by atoms with Gasteiger partial charge in [0.05, 0.1) is 5.03 Å². The molecule has 0 atom stereocenters. The van der Waals surface area contributed by atoms with Gasteiger partial charge in [0.2, 0.25) is 11.9 Å². The molecular formula is C10H13N7OS. The van der Waals surface area contributed by atoms with Crippen LogP contribution in [0.25, 0.3) is 0 Å². The second-order valence-corrected chi connectivity index (χ2v) is 4.68. The van der Waals surface area contributed by atoms with Crippen LogP contribution in [-0.4, -0.2) is 43.4 Å². The summed E-state index contributed by atoms with van der Waals surface area (Å²) in [7, 11) is 0. The van der Waals surface area contributed by atoms with E-state index in [-0.39, 0.29) is 18.4 Å². The number of thioether (sulfide) groups is 1. The van der Waals surface area contributed by atoms with Crippen molar-refractivity contribution in [2.24, 2.45) is 0 Å². The van der Waals surface area contributed by atoms with Crippen LogP contribution >= 0.6 is 11.8 Å². The molecule has 2 heterocycles. The number of carbonyl (C=O) groups is 1. The van der Waals surface area contributed by atoms with Crippen molar-refractivity contribution in [2.45, 2.75) is 11.6 Å². The second-order valence-electron chi connectivity index (χ2n) is 3.56. The van der Waals surface area contributed by atoms with E-state index in [9.17, 15) is 4.79 Å². The summed E-state index contributed by atoms with van der Waals surface area (Å²) in [5.74, 6) is 0.687. The predicted molar refractivity (Wildman–Crippen MR) is 70.2 cm³/mol. The maximum absolute atomic E-state index is 11.6. The Hall–Kier alpha value is -2.16. The third-order valence-corrected chi connectivity index (χ3v) is 3.11. The molecule has 0 aromatic carbocycles. The molecule has 2 rings (SSSR count). The van der Waals surface area contributed by atoms with E-state index in [1.807, 2.05) is 18.2 Å². The lowest BCUT2D eigenvalue weighted by Crippen LogP contribution is -2.30. The molecule has 2 aromatic heterocycles. The summed E-state index contributed by atoms with van der Waals surface area (Å²) in [6.07, 6.45) is 1.74. The summed E-state index contributed by atoms with van der Waals surface area (Å²) in [4.78, 5) is 15.7. The van der Waals surface area contributed by atoms with Gasteiger partial charge in [-0.05, 0) is 22.6 Å². The molecular weight excluding hydrogens is 266 g/mol. The lowest BCUT2D eigenvalue weighted by Gasteiger charge is -2.04. The molecule has 100 valence electrons. The van der Waals surface area contributed by atoms with Crippen LogP contribution < -0.4 is 11.1 Å². The molecule has 9 heteroatoms. The number of carbonyl (C=O) groups excluding carboxylic acids is 1. The van der Waals surface area contributed by atoms with Crippen LogP contribution in [0.3, 0.4) is 0 Å². The molecule has 0 saturated carbocycles. The zero-order chi connectivity index (χ0) is 13.5. The van der Waals surface area contributed by atoms with Crippen LogP contribution in [0.2, 0.25) is 0 Å². The van der Waals surface area contributed by atoms with Gasteiger partial charge in [-0.3, -0.25) is 4.79 Å². The lowest BCUT2D eigenvalue weighted by atomic mass is 10.5. The van der Waals surface area contributed by atoms with Crippen LogP contribution in [0.4, 0.5) is 5.95 Å². The first-order chi connectivity index (χ1) is 9.25. The van der Waals surface area contributed by atoms with Gasteiger partial charge in [-0.1, -0.05) is 11.2 Å². The summed E-state index contributed by atoms with van der Waals surface area (Å²) in [6.45, 7) is 0.565. The monoisotopic (exact) mass is 279 g/mol. The van der Waals surface area contributed by atoms with Crippen molar-refractivity contribution >= 4 is 23.6 Å². The van der Waals surface area contributed by atoms with Gasteiger partial charge in [0.25, 0.3) is 0 Å². The van der Waals surface area contributed by atoms with Gasteiger partial charge in [0.1, 0.15) is 6.54 Å². The number of pyridine rings is 1. The molecule has 0 bridgehead atoms. The largest absolute Gasteiger partial charge is 0.367 e. The number of amides is 1. The zero-order valence-corrected chi connectivity index (χ0v) is 10.9. The average Bonchev–Trinajstić information content (AvgIpc) is 2.82. The average molecular weight is 279 g/mol. The van der Waals surface area contributed by atoms with E-state index in [1.165, 1.54) is 4.68 Å². The Morgan fingerprint density at radius 3 is 3.05 bits per heavy atom. The second kappa shape index (κ2) is 6.69. The van der Waals surface area contributed by atoms with Gasteiger partial charge < -0.3 is 11.1 Å². The summed E-state index contributed by atoms with van der Waals surface area (Å²) in [5, 5.41) is 14.1. The Balaban J connectivity index is 1.66. The van der Waals surface area contributed by atoms with Crippen molar-refractivity contribution in [2.75, 3.05) is 18.0 Å². The Bertz CT molecular complexity index is 530. The first-order valence-electron chi connectivity index (χ1n) is 5.58. The van der Waals surface area contributed by atoms with E-state index in [0.29, 0.717) is 6.54 Å². The van der Waals surface area contributed by atoms with E-state index in [2.05, 4.69) is 25.8 Å². The number of nitrogens with two attached hydrogens (primary N) is 1. The lowest BCUT2D eigenvalue weighted by molar-refractivity contribution is -0.121. The van der Waals surface area contributed by atoms with E-state index < -0.39 is 0 Å². The van der Waals surface area contributed by atoms with Crippen molar-refractivity contribution in [3.8, 4) is 0 Å². The van der Waals surface area contributed by atoms with Crippen molar-refractivity contribution in [1.82, 2.24) is 30.5 Å². The molecule has 0 aliphatic rings. The topological polar surface area (TPSA) is 112 Å². The fourth-order valence-electron chi connectivity index (χ4n) is 1.29. The highest BCUT2D eigenvalue weighted by atomic mass is 32.2. The molecule has 0 aliphatic carbocycles. The quantitative estimate of drug-likeness (QED) is 0.544. The molecule has 19 heavy (non-hydrogen) atoms. The normalized spacial score (nSPS) is 10.3. The molecule has 1 amide bonds. The minimum atomic E-state index is -0.180. The standard InChI is InChI=1S/C10H13N7OS/c11-10-14-15-16-17(10)7-8(18)12-5-6-19-9-3-1-2-4-13-9/h1-4H,5-7H2,(H,12,18)(H2,11,14,16). The highest BCUT2D eigenvalue weighted by Gasteiger charge is 2.06. The Morgan fingerprint density at radius 1 is 1.47 bits per heavy atom. The fraction of sp³-hybridized carbons (Fsp3) is 0.300. The van der Waals surface area contributed by atoms with Crippen molar-refractivity contribution in [1.29, 1.82) is 0 Å². The van der Waals surface area contributed by atoms with Gasteiger partial charge in [-0.2, -0.15) is 0 Å². The smallest absolute Gasteiger partial charge is 0.241 e. The van der Waals surface area contributed by atoms with Gasteiger partial charge in [0, 0.05) is 18.5 Å². The van der Waals surface area contributed by atoms with Gasteiger partial charge in [0.15, 0.2) is 0 Å². The highest BCUT2D eigenvalue weighted by Crippen LogP contribution is 2.12. The minimum absolute atomic E-state index is 0.0209. The van der Waals surface area contributed by atoms with Crippen molar-refractivity contribution < 1.29 is 4.79 Å². The van der Waals surface area contributed by atoms with Gasteiger partial charge in [-0.15, -0.1) is 11.8 Å². The first kappa shape index (κ1) is 13.3. The number of tetrazole rings is 1. The van der Waals surface area contributed by atoms with E-state index in [0.717, 1.165) is 10.8 Å². The maximum atomic E-state index is 11.6. The molecule has 0 radical (unpaired) electrons. The fourth-order valence-corrected chi connectivity index (χ4v) is 2.02. The number of nitrogen functional groups attached to an aromatic ring is 1. The van der Waals surface area contributed by atoms with Crippen LogP contribution in [0.15, 0.2) is 29.4 Å². The number of aromatic nitrogens is 5. The minimum Gasteiger partial charge on any atom is -0.367 e. The molecule has 3 N–H and O–H groups in total. The van der Waals surface area contributed by atoms with Crippen LogP contribution in [0.1, 0.15) is 0 Å². The number of nitrogens with one attached hydrogen (secondary N) is 1. The Labute approximate surface area is 113 Å². The Morgan fingerprint density at radius 2 is 2.37 bits per heavy atom. The van der Waals surface area contributed by atoms with Crippen molar-refractivity contribution in [3.05, 3.63) is 24.4 Å². The number of rotatable bonds is 6. The summed E-state index contributed by atoms with van der Waals surface area (Å²) in [6, 6.07) is 5.71. The van der Waals surface area contributed by atoms with E-state index >= 15 is 0 Å². The van der Waals surface area contributed by atoms with Crippen LogP contribution in [-0.2, 0) is 11.3 Å². The zero-order valence-electron chi connectivity index (χ0n) is 10.1. The Kier molecular flexibility index (Phi) is 4.67. The van der Waals surface area contributed by atoms with Crippen molar-refractivity contribution in [3.63, 3.8) is 0 Å². The number of hydrogen-bond acceptors (Lipinski definition) is 7. The van der Waals surface area contributed by atoms with E-state index in [1.54, 1.807) is 18.0 Å². The third kappa shape index (κ3) is 4.21. The maximum Gasteiger partial charge on any atom is 0.241 e. The van der Waals surface area contributed by atoms with Gasteiger partial charge >= 0.3 is 0 Å². The molecule has 0 fully saturated rings. The molecule has 0 unspecified atom stereocenters.